The van der Waals surface area contributed by atoms with Gasteiger partial charge in [-0.15, -0.1) is 0 Å². The zero-order valence-electron chi connectivity index (χ0n) is 12.2. The Morgan fingerprint density at radius 2 is 1.32 bits per heavy atom. The minimum absolute atomic E-state index is 0.486. The van der Waals surface area contributed by atoms with Gasteiger partial charge in [-0.05, 0) is 24.0 Å². The predicted molar refractivity (Wildman–Crippen MR) is 83.4 cm³/mol. The summed E-state index contributed by atoms with van der Waals surface area (Å²) in [7, 11) is 0. The summed E-state index contributed by atoms with van der Waals surface area (Å²) in [4.78, 5) is 0. The van der Waals surface area contributed by atoms with Crippen LogP contribution in [-0.4, -0.2) is 0 Å². The molecule has 0 heterocycles. The highest BCUT2D eigenvalue weighted by Crippen LogP contribution is 2.12. The van der Waals surface area contributed by atoms with Gasteiger partial charge in [0, 0.05) is 0 Å². The van der Waals surface area contributed by atoms with Crippen LogP contribution in [0.15, 0.2) is 24.3 Å². The molecule has 0 spiro atoms. The first-order valence-corrected chi connectivity index (χ1v) is 7.99. The quantitative estimate of drug-likeness (QED) is 0.450. The normalized spacial score (nSPS) is 10.8. The fraction of sp³-hybridized carbons (Fsp3) is 0.647. The molecular weight excluding hydrogens is 256 g/mol. The van der Waals surface area contributed by atoms with Crippen molar-refractivity contribution < 1.29 is 4.29 Å². The van der Waals surface area contributed by atoms with Crippen molar-refractivity contribution in [1.82, 2.24) is 0 Å². The fourth-order valence-corrected chi connectivity index (χ4v) is 2.45. The Bertz CT molecular complexity index is 308. The molecule has 0 aliphatic heterocycles. The molecule has 0 amide bonds. The minimum Gasteiger partial charge on any atom is -0.274 e. The van der Waals surface area contributed by atoms with Gasteiger partial charge in [-0.1, -0.05) is 76.1 Å². The molecule has 0 atom stereocenters. The number of rotatable bonds is 11. The standard InChI is InChI=1S/C17H27ClO/c1-2-3-4-5-6-7-8-9-10-16-11-13-17(14-12-16)15-19-18/h11-14H,2-10,15H2,1H3. The molecule has 0 radical (unpaired) electrons. The van der Waals surface area contributed by atoms with Crippen LogP contribution < -0.4 is 0 Å². The van der Waals surface area contributed by atoms with Crippen molar-refractivity contribution in [2.45, 2.75) is 71.3 Å². The summed E-state index contributed by atoms with van der Waals surface area (Å²) in [6.45, 7) is 2.75. The molecule has 0 bridgehead atoms. The molecule has 0 fully saturated rings. The smallest absolute Gasteiger partial charge is 0.0933 e. The molecule has 0 unspecified atom stereocenters. The van der Waals surface area contributed by atoms with Crippen LogP contribution in [0.2, 0.25) is 0 Å². The van der Waals surface area contributed by atoms with E-state index in [0.717, 1.165) is 5.56 Å². The summed E-state index contributed by atoms with van der Waals surface area (Å²) < 4.78 is 4.59. The average Bonchev–Trinajstić information content (AvgIpc) is 2.44. The third-order valence-electron chi connectivity index (χ3n) is 3.56. The van der Waals surface area contributed by atoms with Crippen LogP contribution in [0.4, 0.5) is 0 Å². The zero-order valence-corrected chi connectivity index (χ0v) is 12.9. The maximum atomic E-state index is 5.24. The second-order valence-corrected chi connectivity index (χ2v) is 5.51. The van der Waals surface area contributed by atoms with E-state index in [0.29, 0.717) is 6.61 Å². The van der Waals surface area contributed by atoms with Crippen molar-refractivity contribution in [3.63, 3.8) is 0 Å². The van der Waals surface area contributed by atoms with Gasteiger partial charge >= 0.3 is 0 Å². The van der Waals surface area contributed by atoms with Crippen molar-refractivity contribution >= 4 is 11.9 Å². The van der Waals surface area contributed by atoms with Crippen molar-refractivity contribution in [3.05, 3.63) is 35.4 Å². The summed E-state index contributed by atoms with van der Waals surface area (Å²) in [6.07, 6.45) is 12.2. The molecule has 1 aromatic carbocycles. The molecule has 0 aliphatic carbocycles. The Kier molecular flexibility index (Phi) is 9.84. The predicted octanol–water partition coefficient (Wildman–Crippen LogP) is 6.04. The molecule has 0 aromatic heterocycles. The Morgan fingerprint density at radius 1 is 0.789 bits per heavy atom. The van der Waals surface area contributed by atoms with E-state index < -0.39 is 0 Å². The van der Waals surface area contributed by atoms with E-state index in [4.69, 9.17) is 11.9 Å². The first-order valence-electron chi connectivity index (χ1n) is 7.68. The first-order chi connectivity index (χ1) is 9.36. The molecule has 108 valence electrons. The topological polar surface area (TPSA) is 9.23 Å². The Hall–Kier alpha value is -0.530. The molecule has 19 heavy (non-hydrogen) atoms. The molecule has 0 aliphatic rings. The minimum atomic E-state index is 0.486. The lowest BCUT2D eigenvalue weighted by Crippen LogP contribution is -1.89. The Morgan fingerprint density at radius 3 is 1.89 bits per heavy atom. The number of benzene rings is 1. The Labute approximate surface area is 123 Å². The SMILES string of the molecule is CCCCCCCCCCc1ccc(COCl)cc1. The number of unbranched alkanes of at least 4 members (excludes halogenated alkanes) is 7. The van der Waals surface area contributed by atoms with E-state index in [-0.39, 0.29) is 0 Å². The summed E-state index contributed by atoms with van der Waals surface area (Å²) in [5.74, 6) is 0. The third-order valence-corrected chi connectivity index (χ3v) is 3.67. The molecular formula is C17H27ClO. The summed E-state index contributed by atoms with van der Waals surface area (Å²) in [5.41, 5.74) is 2.55. The van der Waals surface area contributed by atoms with E-state index in [9.17, 15) is 0 Å². The van der Waals surface area contributed by atoms with Gasteiger partial charge in [-0.3, -0.25) is 4.29 Å². The summed E-state index contributed by atoms with van der Waals surface area (Å²) in [6, 6.07) is 8.57. The van der Waals surface area contributed by atoms with Crippen molar-refractivity contribution in [2.75, 3.05) is 0 Å². The van der Waals surface area contributed by atoms with Crippen molar-refractivity contribution in [2.24, 2.45) is 0 Å². The maximum Gasteiger partial charge on any atom is 0.0933 e. The van der Waals surface area contributed by atoms with Crippen LogP contribution in [0, 0.1) is 0 Å². The van der Waals surface area contributed by atoms with Gasteiger partial charge in [0.15, 0.2) is 0 Å². The Balaban J connectivity index is 2.02. The van der Waals surface area contributed by atoms with Gasteiger partial charge in [0.05, 0.1) is 18.5 Å². The second-order valence-electron chi connectivity index (χ2n) is 5.29. The third kappa shape index (κ3) is 8.28. The lowest BCUT2D eigenvalue weighted by Gasteiger charge is -2.04. The van der Waals surface area contributed by atoms with E-state index in [1.807, 2.05) is 0 Å². The summed E-state index contributed by atoms with van der Waals surface area (Å²) >= 11 is 5.24. The number of aryl methyl sites for hydroxylation is 1. The van der Waals surface area contributed by atoms with Gasteiger partial charge < -0.3 is 0 Å². The molecule has 2 heteroatoms. The molecule has 0 N–H and O–H groups in total. The first kappa shape index (κ1) is 16.5. The summed E-state index contributed by atoms with van der Waals surface area (Å²) in [5, 5.41) is 0. The van der Waals surface area contributed by atoms with E-state index >= 15 is 0 Å². The molecule has 0 saturated carbocycles. The molecule has 1 rings (SSSR count). The van der Waals surface area contributed by atoms with Gasteiger partial charge in [-0.2, -0.15) is 0 Å². The van der Waals surface area contributed by atoms with Gasteiger partial charge in [-0.25, -0.2) is 0 Å². The molecule has 1 nitrogen and oxygen atoms in total. The maximum absolute atomic E-state index is 5.24. The van der Waals surface area contributed by atoms with Crippen LogP contribution in [0.3, 0.4) is 0 Å². The van der Waals surface area contributed by atoms with E-state index in [1.54, 1.807) is 0 Å². The van der Waals surface area contributed by atoms with Crippen LogP contribution in [-0.2, 0) is 17.3 Å². The fourth-order valence-electron chi connectivity index (χ4n) is 2.33. The van der Waals surface area contributed by atoms with Crippen molar-refractivity contribution in [1.29, 1.82) is 0 Å². The number of hydrogen-bond donors (Lipinski definition) is 0. The number of hydrogen-bond acceptors (Lipinski definition) is 1. The highest BCUT2D eigenvalue weighted by Gasteiger charge is 1.96. The van der Waals surface area contributed by atoms with Crippen LogP contribution >= 0.6 is 11.9 Å². The highest BCUT2D eigenvalue weighted by molar-refractivity contribution is 6.07. The van der Waals surface area contributed by atoms with Crippen LogP contribution in [0.5, 0.6) is 0 Å². The van der Waals surface area contributed by atoms with Gasteiger partial charge in [0.25, 0.3) is 0 Å². The second kappa shape index (κ2) is 11.3. The molecule has 1 aromatic rings. The monoisotopic (exact) mass is 282 g/mol. The van der Waals surface area contributed by atoms with Crippen LogP contribution in [0.25, 0.3) is 0 Å². The zero-order chi connectivity index (χ0) is 13.8. The highest BCUT2D eigenvalue weighted by atomic mass is 35.5. The van der Waals surface area contributed by atoms with Gasteiger partial charge in [0.2, 0.25) is 0 Å². The number of halogens is 1. The van der Waals surface area contributed by atoms with E-state index in [1.165, 1.54) is 63.4 Å². The largest absolute Gasteiger partial charge is 0.274 e. The van der Waals surface area contributed by atoms with E-state index in [2.05, 4.69) is 35.5 Å². The van der Waals surface area contributed by atoms with Crippen LogP contribution in [0.1, 0.15) is 69.4 Å². The average molecular weight is 283 g/mol. The lowest BCUT2D eigenvalue weighted by molar-refractivity contribution is 0.341. The molecule has 0 saturated heterocycles. The lowest BCUT2D eigenvalue weighted by atomic mass is 10.0. The van der Waals surface area contributed by atoms with Crippen molar-refractivity contribution in [3.8, 4) is 0 Å². The van der Waals surface area contributed by atoms with Gasteiger partial charge in [0.1, 0.15) is 0 Å².